The van der Waals surface area contributed by atoms with Crippen molar-refractivity contribution in [3.05, 3.63) is 42.6 Å². The molecule has 2 aliphatic heterocycles. The third-order valence-electron chi connectivity index (χ3n) is 10.7. The molecule has 1 saturated heterocycles. The van der Waals surface area contributed by atoms with Gasteiger partial charge in [-0.2, -0.15) is 0 Å². The number of aromatic nitrogens is 1. The molecule has 55 heavy (non-hydrogen) atoms. The van der Waals surface area contributed by atoms with Crippen LogP contribution in [0.2, 0.25) is 0 Å². The van der Waals surface area contributed by atoms with Crippen LogP contribution in [0, 0.1) is 17.8 Å². The number of amides is 4. The van der Waals surface area contributed by atoms with Crippen molar-refractivity contribution in [1.29, 1.82) is 0 Å². The molecular formula is C40H55N5O9S. The molecule has 15 heteroatoms. The van der Waals surface area contributed by atoms with Gasteiger partial charge in [-0.15, -0.1) is 0 Å². The molecule has 3 N–H and O–H groups in total. The highest BCUT2D eigenvalue weighted by atomic mass is 32.2. The number of sulfonamides is 1. The fourth-order valence-electron chi connectivity index (χ4n) is 7.62. The number of carbonyl (C=O) groups excluding carboxylic acids is 4. The summed E-state index contributed by atoms with van der Waals surface area (Å²) < 4.78 is 45.8. The number of hydrogen-bond donors (Lipinski definition) is 3. The molecule has 3 heterocycles. The molecular weight excluding hydrogens is 727 g/mol. The molecule has 300 valence electrons. The molecule has 4 amide bonds. The standard InChI is InChI=1S/C40H55N5O9S/c1-7-18-52-28-12-15-31-26(20-28)16-17-41-35(31)53-29-21-32-34(46)43-40(37(48)44-55(50,51)30-13-14-30)22-27(40)11-9-8-10-24(2)19-25(3)33(36(47)45(32)23-29)42-38(49)54-39(4,5)6/h9,11-12,15-17,20,24-25,27,29-30,32-33H,7-8,10,13-14,18-19,21-23H2,1-6H3,(H,42,49)(H,43,46)(H,44,48)/b11-9-/t24-,25+,27+,29+,32-,33-,40+/m0/s1. The van der Waals surface area contributed by atoms with Crippen LogP contribution in [0.25, 0.3) is 10.8 Å². The molecule has 2 saturated carbocycles. The summed E-state index contributed by atoms with van der Waals surface area (Å²) in [5.74, 6) is -1.48. The Morgan fingerprint density at radius 1 is 1.09 bits per heavy atom. The van der Waals surface area contributed by atoms with Crippen molar-refractivity contribution in [2.24, 2.45) is 17.8 Å². The van der Waals surface area contributed by atoms with Crippen LogP contribution in [0.4, 0.5) is 4.79 Å². The normalized spacial score (nSPS) is 29.5. The van der Waals surface area contributed by atoms with E-state index in [0.717, 1.165) is 23.6 Å². The summed E-state index contributed by atoms with van der Waals surface area (Å²) in [7, 11) is -3.90. The molecule has 0 radical (unpaired) electrons. The van der Waals surface area contributed by atoms with Crippen LogP contribution in [0.1, 0.15) is 92.9 Å². The van der Waals surface area contributed by atoms with Crippen molar-refractivity contribution in [2.75, 3.05) is 13.2 Å². The number of pyridine rings is 1. The van der Waals surface area contributed by atoms with Crippen molar-refractivity contribution in [1.82, 2.24) is 25.2 Å². The van der Waals surface area contributed by atoms with Crippen molar-refractivity contribution in [3.63, 3.8) is 0 Å². The van der Waals surface area contributed by atoms with Gasteiger partial charge >= 0.3 is 6.09 Å². The van der Waals surface area contributed by atoms with E-state index in [1.165, 1.54) is 4.90 Å². The maximum absolute atomic E-state index is 14.8. The van der Waals surface area contributed by atoms with Gasteiger partial charge in [0.05, 0.1) is 18.4 Å². The predicted molar refractivity (Wildman–Crippen MR) is 206 cm³/mol. The number of nitrogens with one attached hydrogen (secondary N) is 3. The van der Waals surface area contributed by atoms with E-state index >= 15 is 0 Å². The van der Waals surface area contributed by atoms with Gasteiger partial charge in [0.25, 0.3) is 5.91 Å². The summed E-state index contributed by atoms with van der Waals surface area (Å²) in [6.45, 7) is 11.8. The first kappa shape index (κ1) is 40.3. The monoisotopic (exact) mass is 781 g/mol. The van der Waals surface area contributed by atoms with Crippen LogP contribution in [-0.2, 0) is 29.1 Å². The number of allylic oxidation sites excluding steroid dienone is 1. The minimum atomic E-state index is -3.90. The van der Waals surface area contributed by atoms with Gasteiger partial charge in [0.15, 0.2) is 0 Å². The lowest BCUT2D eigenvalue weighted by Gasteiger charge is -2.33. The summed E-state index contributed by atoms with van der Waals surface area (Å²) in [5, 5.41) is 6.64. The Balaban J connectivity index is 1.33. The van der Waals surface area contributed by atoms with Crippen molar-refractivity contribution >= 4 is 44.6 Å². The first-order chi connectivity index (χ1) is 26.0. The van der Waals surface area contributed by atoms with Crippen LogP contribution >= 0.6 is 0 Å². The zero-order chi connectivity index (χ0) is 39.7. The third kappa shape index (κ3) is 9.53. The molecule has 2 aliphatic carbocycles. The Hall–Kier alpha value is -4.40. The highest BCUT2D eigenvalue weighted by Gasteiger charge is 2.62. The van der Waals surface area contributed by atoms with Crippen LogP contribution in [-0.4, -0.2) is 89.8 Å². The maximum atomic E-state index is 14.8. The average molecular weight is 782 g/mol. The molecule has 1 aromatic carbocycles. The quantitative estimate of drug-likeness (QED) is 0.300. The number of ether oxygens (including phenoxy) is 3. The number of nitrogens with zero attached hydrogens (tertiary/aromatic N) is 2. The summed E-state index contributed by atoms with van der Waals surface area (Å²) in [4.78, 5) is 62.1. The second-order valence-electron chi connectivity index (χ2n) is 16.7. The fraction of sp³-hybridized carbons (Fsp3) is 0.625. The van der Waals surface area contributed by atoms with Crippen molar-refractivity contribution in [3.8, 4) is 11.6 Å². The third-order valence-corrected chi connectivity index (χ3v) is 12.6. The van der Waals surface area contributed by atoms with Gasteiger partial charge in [0.2, 0.25) is 27.7 Å². The molecule has 0 bridgehead atoms. The Bertz CT molecular complexity index is 1930. The predicted octanol–water partition coefficient (Wildman–Crippen LogP) is 4.76. The van der Waals surface area contributed by atoms with E-state index in [-0.39, 0.29) is 31.2 Å². The number of hydrogen-bond acceptors (Lipinski definition) is 10. The lowest BCUT2D eigenvalue weighted by molar-refractivity contribution is -0.142. The van der Waals surface area contributed by atoms with E-state index in [0.29, 0.717) is 43.9 Å². The number of carbonyl (C=O) groups is 4. The van der Waals surface area contributed by atoms with Gasteiger partial charge in [-0.3, -0.25) is 19.1 Å². The van der Waals surface area contributed by atoms with Gasteiger partial charge in [-0.1, -0.05) is 32.9 Å². The number of benzene rings is 1. The zero-order valence-electron chi connectivity index (χ0n) is 32.6. The molecule has 1 aromatic heterocycles. The summed E-state index contributed by atoms with van der Waals surface area (Å²) >= 11 is 0. The molecule has 6 rings (SSSR count). The number of fused-ring (bicyclic) bond motifs is 3. The van der Waals surface area contributed by atoms with Gasteiger partial charge in [0, 0.05) is 23.9 Å². The second-order valence-corrected chi connectivity index (χ2v) is 18.7. The highest BCUT2D eigenvalue weighted by molar-refractivity contribution is 7.91. The van der Waals surface area contributed by atoms with E-state index in [2.05, 4.69) is 27.3 Å². The zero-order valence-corrected chi connectivity index (χ0v) is 33.4. The topological polar surface area (TPSA) is 182 Å². The van der Waals surface area contributed by atoms with Crippen molar-refractivity contribution < 1.29 is 41.8 Å². The van der Waals surface area contributed by atoms with Gasteiger partial charge in [0.1, 0.15) is 35.1 Å². The Morgan fingerprint density at radius 3 is 2.56 bits per heavy atom. The van der Waals surface area contributed by atoms with E-state index in [1.807, 2.05) is 50.3 Å². The smallest absolute Gasteiger partial charge is 0.408 e. The maximum Gasteiger partial charge on any atom is 0.408 e. The van der Waals surface area contributed by atoms with E-state index in [1.54, 1.807) is 27.0 Å². The lowest BCUT2D eigenvalue weighted by atomic mass is 9.88. The molecule has 2 aromatic rings. The van der Waals surface area contributed by atoms with Crippen LogP contribution in [0.5, 0.6) is 11.6 Å². The van der Waals surface area contributed by atoms with Crippen molar-refractivity contribution in [2.45, 2.75) is 127 Å². The summed E-state index contributed by atoms with van der Waals surface area (Å²) in [6.07, 6.45) is 8.13. The molecule has 0 unspecified atom stereocenters. The molecule has 3 fully saturated rings. The second kappa shape index (κ2) is 16.0. The highest BCUT2D eigenvalue weighted by Crippen LogP contribution is 2.46. The Labute approximate surface area is 323 Å². The SMILES string of the molecule is CCCOc1ccc2c(O[C@@H]3C[C@H]4C(=O)N[C@]5(C(=O)NS(=O)(=O)C6CC6)C[C@H]5/C=C\CC[C@H](C)C[C@@H](C)[C@H](NC(=O)OC(C)(C)C)C(=O)N4C3)nccc2c1. The lowest BCUT2D eigenvalue weighted by Crippen LogP contribution is -2.59. The van der Waals surface area contributed by atoms with Gasteiger partial charge in [-0.05, 0) is 107 Å². The Kier molecular flexibility index (Phi) is 11.7. The Morgan fingerprint density at radius 2 is 1.85 bits per heavy atom. The van der Waals surface area contributed by atoms with Crippen LogP contribution in [0.15, 0.2) is 42.6 Å². The van der Waals surface area contributed by atoms with Crippen LogP contribution < -0.4 is 24.8 Å². The molecule has 0 spiro atoms. The first-order valence-corrected chi connectivity index (χ1v) is 21.1. The van der Waals surface area contributed by atoms with Gasteiger partial charge in [-0.25, -0.2) is 18.2 Å². The summed E-state index contributed by atoms with van der Waals surface area (Å²) in [6, 6.07) is 5.29. The first-order valence-electron chi connectivity index (χ1n) is 19.5. The number of alkyl carbamates (subject to hydrolysis) is 1. The van der Waals surface area contributed by atoms with E-state index < -0.39 is 74.3 Å². The minimum Gasteiger partial charge on any atom is -0.494 e. The largest absolute Gasteiger partial charge is 0.494 e. The van der Waals surface area contributed by atoms with E-state index in [4.69, 9.17) is 14.2 Å². The minimum absolute atomic E-state index is 0.0138. The molecule has 14 nitrogen and oxygen atoms in total. The average Bonchev–Trinajstić information content (AvgIpc) is 4.04. The fourth-order valence-corrected chi connectivity index (χ4v) is 8.99. The molecule has 4 aliphatic rings. The van der Waals surface area contributed by atoms with Gasteiger partial charge < -0.3 is 29.7 Å². The van der Waals surface area contributed by atoms with Crippen LogP contribution in [0.3, 0.4) is 0 Å². The number of rotatable bonds is 9. The van der Waals surface area contributed by atoms with E-state index in [9.17, 15) is 27.6 Å². The molecule has 7 atom stereocenters. The summed E-state index contributed by atoms with van der Waals surface area (Å²) in [5.41, 5.74) is -2.33.